The van der Waals surface area contributed by atoms with Crippen LogP contribution in [0.15, 0.2) is 18.2 Å². The highest BCUT2D eigenvalue weighted by Gasteiger charge is 2.19. The van der Waals surface area contributed by atoms with Gasteiger partial charge in [-0.15, -0.1) is 0 Å². The third kappa shape index (κ3) is 3.49. The maximum atomic E-state index is 12.8. The lowest BCUT2D eigenvalue weighted by Crippen LogP contribution is -2.23. The summed E-state index contributed by atoms with van der Waals surface area (Å²) in [5.74, 6) is 1.46. The van der Waals surface area contributed by atoms with Crippen molar-refractivity contribution in [3.8, 4) is 5.75 Å². The summed E-state index contributed by atoms with van der Waals surface area (Å²) in [4.78, 5) is 0. The molecule has 0 heterocycles. The Kier molecular flexibility index (Phi) is 3.78. The van der Waals surface area contributed by atoms with E-state index in [1.54, 1.807) is 6.07 Å². The zero-order chi connectivity index (χ0) is 11.4. The van der Waals surface area contributed by atoms with Crippen LogP contribution in [-0.2, 0) is 0 Å². The molecule has 0 bridgehead atoms. The number of hydrogen-bond donors (Lipinski definition) is 1. The van der Waals surface area contributed by atoms with Gasteiger partial charge < -0.3 is 10.1 Å². The molecule has 88 valence electrons. The predicted octanol–water partition coefficient (Wildman–Crippen LogP) is 2.51. The average Bonchev–Trinajstić information content (AvgIpc) is 3.04. The Balaban J connectivity index is 1.67. The smallest absolute Gasteiger partial charge is 0.123 e. The molecule has 1 saturated carbocycles. The van der Waals surface area contributed by atoms with E-state index in [1.807, 2.05) is 6.92 Å². The molecule has 16 heavy (non-hydrogen) atoms. The van der Waals surface area contributed by atoms with Crippen molar-refractivity contribution in [3.63, 3.8) is 0 Å². The van der Waals surface area contributed by atoms with Crippen LogP contribution in [0.3, 0.4) is 0 Å². The molecule has 0 radical (unpaired) electrons. The molecular formula is C13H18FNO. The maximum absolute atomic E-state index is 12.8. The Morgan fingerprint density at radius 2 is 2.25 bits per heavy atom. The van der Waals surface area contributed by atoms with E-state index in [2.05, 4.69) is 5.32 Å². The monoisotopic (exact) mass is 223 g/mol. The molecule has 0 aliphatic heterocycles. The van der Waals surface area contributed by atoms with Crippen molar-refractivity contribution in [1.82, 2.24) is 5.32 Å². The number of nitrogens with one attached hydrogen (secondary N) is 1. The summed E-state index contributed by atoms with van der Waals surface area (Å²) in [5, 5.41) is 3.35. The van der Waals surface area contributed by atoms with Gasteiger partial charge >= 0.3 is 0 Å². The van der Waals surface area contributed by atoms with Gasteiger partial charge in [-0.3, -0.25) is 0 Å². The zero-order valence-corrected chi connectivity index (χ0v) is 9.63. The zero-order valence-electron chi connectivity index (χ0n) is 9.63. The molecule has 1 aromatic carbocycles. The van der Waals surface area contributed by atoms with Crippen molar-refractivity contribution in [2.45, 2.75) is 19.8 Å². The lowest BCUT2D eigenvalue weighted by atomic mass is 10.2. The first kappa shape index (κ1) is 11.4. The molecule has 0 atom stereocenters. The van der Waals surface area contributed by atoms with Gasteiger partial charge in [0, 0.05) is 6.54 Å². The fourth-order valence-electron chi connectivity index (χ4n) is 1.64. The van der Waals surface area contributed by atoms with Gasteiger partial charge in [0.15, 0.2) is 0 Å². The van der Waals surface area contributed by atoms with Gasteiger partial charge in [-0.25, -0.2) is 4.39 Å². The van der Waals surface area contributed by atoms with E-state index in [0.29, 0.717) is 6.61 Å². The number of rotatable bonds is 6. The quantitative estimate of drug-likeness (QED) is 0.748. The van der Waals surface area contributed by atoms with E-state index in [1.165, 1.54) is 25.0 Å². The minimum atomic E-state index is -0.211. The molecule has 3 heteroatoms. The summed E-state index contributed by atoms with van der Waals surface area (Å²) in [6, 6.07) is 4.61. The van der Waals surface area contributed by atoms with E-state index in [0.717, 1.165) is 30.3 Å². The number of hydrogen-bond acceptors (Lipinski definition) is 2. The third-order valence-corrected chi connectivity index (χ3v) is 2.80. The van der Waals surface area contributed by atoms with Crippen LogP contribution < -0.4 is 10.1 Å². The lowest BCUT2D eigenvalue weighted by Gasteiger charge is -2.09. The molecule has 0 amide bonds. The van der Waals surface area contributed by atoms with Crippen LogP contribution in [0.2, 0.25) is 0 Å². The van der Waals surface area contributed by atoms with Crippen LogP contribution in [0.25, 0.3) is 0 Å². The van der Waals surface area contributed by atoms with E-state index < -0.39 is 0 Å². The first-order valence-corrected chi connectivity index (χ1v) is 5.85. The maximum Gasteiger partial charge on any atom is 0.123 e. The number of ether oxygens (including phenoxy) is 1. The molecule has 1 aromatic rings. The topological polar surface area (TPSA) is 21.3 Å². The molecule has 1 aliphatic rings. The Hall–Kier alpha value is -1.09. The predicted molar refractivity (Wildman–Crippen MR) is 62.2 cm³/mol. The van der Waals surface area contributed by atoms with Crippen LogP contribution in [0.4, 0.5) is 4.39 Å². The standard InChI is InChI=1S/C13H18FNO/c1-10-8-12(14)4-5-13(10)16-7-6-15-9-11-2-3-11/h4-5,8,11,15H,2-3,6-7,9H2,1H3. The summed E-state index contributed by atoms with van der Waals surface area (Å²) in [7, 11) is 0. The van der Waals surface area contributed by atoms with Crippen LogP contribution in [-0.4, -0.2) is 19.7 Å². The molecule has 1 aliphatic carbocycles. The second-order valence-corrected chi connectivity index (χ2v) is 4.41. The van der Waals surface area contributed by atoms with Gasteiger partial charge in [0.1, 0.15) is 18.2 Å². The van der Waals surface area contributed by atoms with E-state index >= 15 is 0 Å². The Labute approximate surface area is 95.8 Å². The van der Waals surface area contributed by atoms with Crippen LogP contribution in [0.1, 0.15) is 18.4 Å². The fourth-order valence-corrected chi connectivity index (χ4v) is 1.64. The van der Waals surface area contributed by atoms with Crippen molar-refractivity contribution in [2.24, 2.45) is 5.92 Å². The van der Waals surface area contributed by atoms with E-state index in [-0.39, 0.29) is 5.82 Å². The normalized spacial score (nSPS) is 15.1. The van der Waals surface area contributed by atoms with Crippen molar-refractivity contribution >= 4 is 0 Å². The number of aryl methyl sites for hydroxylation is 1. The largest absolute Gasteiger partial charge is 0.492 e. The van der Waals surface area contributed by atoms with Crippen molar-refractivity contribution in [3.05, 3.63) is 29.6 Å². The molecule has 0 unspecified atom stereocenters. The summed E-state index contributed by atoms with van der Waals surface area (Å²) in [6.45, 7) is 4.45. The van der Waals surface area contributed by atoms with Crippen molar-refractivity contribution in [1.29, 1.82) is 0 Å². The SMILES string of the molecule is Cc1cc(F)ccc1OCCNCC1CC1. The van der Waals surface area contributed by atoms with Crippen molar-refractivity contribution < 1.29 is 9.13 Å². The number of benzene rings is 1. The Morgan fingerprint density at radius 3 is 2.94 bits per heavy atom. The second kappa shape index (κ2) is 5.30. The molecule has 1 N–H and O–H groups in total. The molecular weight excluding hydrogens is 205 g/mol. The average molecular weight is 223 g/mol. The Bertz CT molecular complexity index is 350. The van der Waals surface area contributed by atoms with Gasteiger partial charge in [0.05, 0.1) is 0 Å². The summed E-state index contributed by atoms with van der Waals surface area (Å²) < 4.78 is 18.4. The van der Waals surface area contributed by atoms with Crippen LogP contribution >= 0.6 is 0 Å². The summed E-state index contributed by atoms with van der Waals surface area (Å²) >= 11 is 0. The lowest BCUT2D eigenvalue weighted by molar-refractivity contribution is 0.310. The number of halogens is 1. The first-order chi connectivity index (χ1) is 7.75. The summed E-state index contributed by atoms with van der Waals surface area (Å²) in [5.41, 5.74) is 0.849. The molecule has 0 spiro atoms. The molecule has 2 rings (SSSR count). The fraction of sp³-hybridized carbons (Fsp3) is 0.538. The Morgan fingerprint density at radius 1 is 1.44 bits per heavy atom. The molecule has 1 fully saturated rings. The van der Waals surface area contributed by atoms with Crippen LogP contribution in [0.5, 0.6) is 5.75 Å². The van der Waals surface area contributed by atoms with Crippen molar-refractivity contribution in [2.75, 3.05) is 19.7 Å². The van der Waals surface area contributed by atoms with Crippen LogP contribution in [0, 0.1) is 18.7 Å². The van der Waals surface area contributed by atoms with Gasteiger partial charge in [-0.05, 0) is 56.0 Å². The summed E-state index contributed by atoms with van der Waals surface area (Å²) in [6.07, 6.45) is 2.73. The van der Waals surface area contributed by atoms with E-state index in [4.69, 9.17) is 4.74 Å². The highest BCUT2D eigenvalue weighted by Crippen LogP contribution is 2.27. The minimum absolute atomic E-state index is 0.211. The van der Waals surface area contributed by atoms with Gasteiger partial charge in [-0.2, -0.15) is 0 Å². The van der Waals surface area contributed by atoms with Gasteiger partial charge in [-0.1, -0.05) is 0 Å². The molecule has 0 aromatic heterocycles. The molecule has 0 saturated heterocycles. The highest BCUT2D eigenvalue weighted by molar-refractivity contribution is 5.32. The van der Waals surface area contributed by atoms with E-state index in [9.17, 15) is 4.39 Å². The second-order valence-electron chi connectivity index (χ2n) is 4.41. The first-order valence-electron chi connectivity index (χ1n) is 5.85. The van der Waals surface area contributed by atoms with Gasteiger partial charge in [0.25, 0.3) is 0 Å². The third-order valence-electron chi connectivity index (χ3n) is 2.80. The van der Waals surface area contributed by atoms with Gasteiger partial charge in [0.2, 0.25) is 0 Å². The minimum Gasteiger partial charge on any atom is -0.492 e. The molecule has 2 nitrogen and oxygen atoms in total. The highest BCUT2D eigenvalue weighted by atomic mass is 19.1.